The second-order valence-corrected chi connectivity index (χ2v) is 5.26. The molecule has 0 aliphatic heterocycles. The fourth-order valence-corrected chi connectivity index (χ4v) is 1.90. The predicted octanol–water partition coefficient (Wildman–Crippen LogP) is 3.56. The number of hydrogen-bond donors (Lipinski definition) is 2. The number of nitrogens with one attached hydrogen (secondary N) is 1. The second-order valence-electron chi connectivity index (χ2n) is 5.26. The van der Waals surface area contributed by atoms with Crippen LogP contribution in [-0.4, -0.2) is 29.6 Å². The molecule has 0 fully saturated rings. The molecule has 2 rings (SSSR count). The summed E-state index contributed by atoms with van der Waals surface area (Å²) in [6.45, 7) is 4.98. The summed E-state index contributed by atoms with van der Waals surface area (Å²) < 4.78 is 38.8. The Morgan fingerprint density at radius 2 is 2.04 bits per heavy atom. The van der Waals surface area contributed by atoms with Gasteiger partial charge in [0.15, 0.2) is 11.5 Å². The van der Waals surface area contributed by atoms with Gasteiger partial charge in [-0.1, -0.05) is 11.0 Å². The van der Waals surface area contributed by atoms with E-state index in [1.807, 2.05) is 0 Å². The number of halogens is 3. The van der Waals surface area contributed by atoms with E-state index >= 15 is 0 Å². The molecule has 0 atom stereocenters. The van der Waals surface area contributed by atoms with E-state index in [2.05, 4.69) is 37.7 Å². The highest BCUT2D eigenvalue weighted by atomic mass is 19.4. The van der Waals surface area contributed by atoms with Crippen LogP contribution in [0.4, 0.5) is 36.3 Å². The van der Waals surface area contributed by atoms with Crippen molar-refractivity contribution in [1.29, 1.82) is 0 Å². The number of azo groups is 1. The van der Waals surface area contributed by atoms with Crippen molar-refractivity contribution < 1.29 is 23.2 Å². The zero-order valence-electron chi connectivity index (χ0n) is 14.2. The number of nitrogens with zero attached hydrogens (tertiary/aromatic N) is 7. The monoisotopic (exact) mass is 386 g/mol. The molecule has 2 N–H and O–H groups in total. The Bertz CT molecular complexity index is 949. The third-order valence-corrected chi connectivity index (χ3v) is 3.01. The molecular formula is C13H13F3N8O3. The first-order valence-electron chi connectivity index (χ1n) is 7.28. The van der Waals surface area contributed by atoms with Crippen LogP contribution in [0.2, 0.25) is 0 Å². The Morgan fingerprint density at radius 3 is 2.52 bits per heavy atom. The molecule has 0 aliphatic rings. The molecule has 27 heavy (non-hydrogen) atoms. The van der Waals surface area contributed by atoms with Gasteiger partial charge in [0.2, 0.25) is 11.7 Å². The van der Waals surface area contributed by atoms with Crippen molar-refractivity contribution in [3.8, 4) is 17.8 Å². The molecule has 144 valence electrons. The van der Waals surface area contributed by atoms with Crippen molar-refractivity contribution in [1.82, 2.24) is 19.6 Å². The number of alkyl halides is 3. The highest BCUT2D eigenvalue weighted by Gasteiger charge is 2.44. The van der Waals surface area contributed by atoms with Crippen LogP contribution >= 0.6 is 0 Å². The number of nitro groups is 1. The summed E-state index contributed by atoms with van der Waals surface area (Å²) in [5.74, 6) is 0.118. The average Bonchev–Trinajstić information content (AvgIpc) is 3.12. The highest BCUT2D eigenvalue weighted by Crippen LogP contribution is 2.38. The van der Waals surface area contributed by atoms with Crippen molar-refractivity contribution in [3.63, 3.8) is 0 Å². The normalized spacial score (nSPS) is 11.7. The third kappa shape index (κ3) is 4.14. The van der Waals surface area contributed by atoms with Gasteiger partial charge in [0.1, 0.15) is 0 Å². The van der Waals surface area contributed by atoms with E-state index in [4.69, 9.17) is 0 Å². The van der Waals surface area contributed by atoms with Crippen LogP contribution in [-0.2, 0) is 6.30 Å². The molecule has 0 saturated carbocycles. The van der Waals surface area contributed by atoms with Gasteiger partial charge < -0.3 is 15.2 Å². The summed E-state index contributed by atoms with van der Waals surface area (Å²) >= 11 is 0. The van der Waals surface area contributed by atoms with E-state index in [1.165, 1.54) is 11.6 Å². The number of aromatic nitrogens is 4. The van der Waals surface area contributed by atoms with Gasteiger partial charge in [0.25, 0.3) is 0 Å². The lowest BCUT2D eigenvalue weighted by atomic mass is 10.4. The van der Waals surface area contributed by atoms with Gasteiger partial charge in [-0.2, -0.15) is 0 Å². The molecule has 0 unspecified atom stereocenters. The summed E-state index contributed by atoms with van der Waals surface area (Å²) in [6, 6.07) is 2.72. The molecule has 0 bridgehead atoms. The lowest BCUT2D eigenvalue weighted by Gasteiger charge is -2.04. The first-order valence-corrected chi connectivity index (χ1v) is 7.28. The molecule has 0 spiro atoms. The fraction of sp³-hybridized carbons (Fsp3) is 0.385. The molecule has 0 aromatic carbocycles. The molecule has 2 heterocycles. The van der Waals surface area contributed by atoms with Crippen molar-refractivity contribution in [2.45, 2.75) is 33.1 Å². The summed E-state index contributed by atoms with van der Waals surface area (Å²) in [7, 11) is 0. The second kappa shape index (κ2) is 7.32. The SMILES string of the molecule is CC#CNc1nn(C(C)C)c(O)c1N=Nc1cc([N+](=O)[O-])n(C(F)(F)F)n1. The lowest BCUT2D eigenvalue weighted by molar-refractivity contribution is -0.401. The maximum Gasteiger partial charge on any atom is 0.587 e. The van der Waals surface area contributed by atoms with E-state index < -0.39 is 33.4 Å². The maximum atomic E-state index is 12.8. The van der Waals surface area contributed by atoms with Crippen LogP contribution < -0.4 is 5.32 Å². The Labute approximate surface area is 149 Å². The van der Waals surface area contributed by atoms with E-state index in [-0.39, 0.29) is 17.5 Å². The van der Waals surface area contributed by atoms with Crippen molar-refractivity contribution in [2.24, 2.45) is 10.2 Å². The molecule has 2 aromatic heterocycles. The van der Waals surface area contributed by atoms with Crippen molar-refractivity contribution >= 4 is 23.1 Å². The van der Waals surface area contributed by atoms with E-state index in [0.717, 1.165) is 0 Å². The molecule has 0 aliphatic carbocycles. The van der Waals surface area contributed by atoms with E-state index in [9.17, 15) is 28.4 Å². The minimum Gasteiger partial charge on any atom is -0.492 e. The average molecular weight is 386 g/mol. The van der Waals surface area contributed by atoms with Gasteiger partial charge in [0.05, 0.1) is 12.1 Å². The first kappa shape index (κ1) is 19.7. The molecule has 0 radical (unpaired) electrons. The van der Waals surface area contributed by atoms with Gasteiger partial charge in [-0.25, -0.2) is 4.68 Å². The largest absolute Gasteiger partial charge is 0.587 e. The Kier molecular flexibility index (Phi) is 5.34. The molecule has 0 amide bonds. The Hall–Kier alpha value is -3.63. The van der Waals surface area contributed by atoms with Gasteiger partial charge in [-0.05, 0) is 30.4 Å². The van der Waals surface area contributed by atoms with Crippen molar-refractivity contribution in [2.75, 3.05) is 5.32 Å². The Morgan fingerprint density at radius 1 is 1.37 bits per heavy atom. The smallest absolute Gasteiger partial charge is 0.492 e. The Balaban J connectivity index is 2.48. The van der Waals surface area contributed by atoms with Gasteiger partial charge in [-0.15, -0.1) is 28.5 Å². The maximum absolute atomic E-state index is 12.8. The standard InChI is InChI=1S/C13H13F3N8O3/c1-4-5-17-11-10(12(25)22(21-11)7(2)3)19-18-8-6-9(24(26)27)23(20-8)13(14,15)16/h6-7,25H,1-3H3,(H,17,21). The van der Waals surface area contributed by atoms with Crippen molar-refractivity contribution in [3.05, 3.63) is 16.2 Å². The van der Waals surface area contributed by atoms with Gasteiger partial charge >= 0.3 is 12.1 Å². The number of anilines is 1. The van der Waals surface area contributed by atoms with Crippen LogP contribution in [0, 0.1) is 22.1 Å². The molecule has 0 saturated heterocycles. The zero-order valence-corrected chi connectivity index (χ0v) is 14.2. The highest BCUT2D eigenvalue weighted by molar-refractivity contribution is 5.68. The van der Waals surface area contributed by atoms with Crippen LogP contribution in [0.5, 0.6) is 5.88 Å². The molecule has 14 heteroatoms. The van der Waals surface area contributed by atoms with E-state index in [0.29, 0.717) is 6.07 Å². The lowest BCUT2D eigenvalue weighted by Crippen LogP contribution is -2.19. The molecular weight excluding hydrogens is 373 g/mol. The van der Waals surface area contributed by atoms with Gasteiger partial charge in [0, 0.05) is 6.04 Å². The van der Waals surface area contributed by atoms with E-state index in [1.54, 1.807) is 13.8 Å². The molecule has 2 aromatic rings. The number of rotatable bonds is 5. The summed E-state index contributed by atoms with van der Waals surface area (Å²) in [5.41, 5.74) is -0.212. The van der Waals surface area contributed by atoms with Crippen LogP contribution in [0.25, 0.3) is 0 Å². The van der Waals surface area contributed by atoms with Crippen LogP contribution in [0.15, 0.2) is 16.3 Å². The number of hydrogen-bond acceptors (Lipinski definition) is 8. The van der Waals surface area contributed by atoms with Crippen LogP contribution in [0.1, 0.15) is 26.8 Å². The third-order valence-electron chi connectivity index (χ3n) is 3.01. The van der Waals surface area contributed by atoms with Crippen LogP contribution in [0.3, 0.4) is 0 Å². The summed E-state index contributed by atoms with van der Waals surface area (Å²) in [4.78, 5) is 9.50. The molecule has 11 nitrogen and oxygen atoms in total. The quantitative estimate of drug-likeness (QED) is 0.265. The number of aromatic hydroxyl groups is 1. The topological polar surface area (TPSA) is 136 Å². The fourth-order valence-electron chi connectivity index (χ4n) is 1.90. The zero-order chi connectivity index (χ0) is 20.4. The summed E-state index contributed by atoms with van der Waals surface area (Å²) in [6.07, 6.45) is -5.11. The van der Waals surface area contributed by atoms with Gasteiger partial charge in [-0.3, -0.25) is 5.32 Å². The first-order chi connectivity index (χ1) is 12.6. The summed E-state index contributed by atoms with van der Waals surface area (Å²) in [5, 5.41) is 37.6. The minimum atomic E-state index is -5.11. The predicted molar refractivity (Wildman–Crippen MR) is 85.7 cm³/mol. The minimum absolute atomic E-state index is 0.00375.